The molecule has 1 saturated heterocycles. The van der Waals surface area contributed by atoms with Crippen LogP contribution >= 0.6 is 0 Å². The summed E-state index contributed by atoms with van der Waals surface area (Å²) in [5, 5.41) is 8.87. The minimum absolute atomic E-state index is 0.150. The molecule has 92 valence electrons. The summed E-state index contributed by atoms with van der Waals surface area (Å²) in [6, 6.07) is 0. The van der Waals surface area contributed by atoms with Crippen molar-refractivity contribution in [2.75, 3.05) is 19.8 Å². The highest BCUT2D eigenvalue weighted by atomic mass is 16.5. The second-order valence-corrected chi connectivity index (χ2v) is 5.43. The van der Waals surface area contributed by atoms with Gasteiger partial charge in [-0.15, -0.1) is 0 Å². The molecule has 2 fully saturated rings. The molecule has 4 nitrogen and oxygen atoms in total. The van der Waals surface area contributed by atoms with Gasteiger partial charge in [-0.1, -0.05) is 6.92 Å². The van der Waals surface area contributed by atoms with E-state index >= 15 is 0 Å². The largest absolute Gasteiger partial charge is 0.481 e. The zero-order valence-corrected chi connectivity index (χ0v) is 9.78. The maximum Gasteiger partial charge on any atom is 0.306 e. The molecule has 1 N–H and O–H groups in total. The van der Waals surface area contributed by atoms with Crippen LogP contribution in [0.4, 0.5) is 0 Å². The number of hydrogen-bond donors (Lipinski definition) is 1. The van der Waals surface area contributed by atoms with E-state index in [1.54, 1.807) is 0 Å². The second kappa shape index (κ2) is 4.72. The summed E-state index contributed by atoms with van der Waals surface area (Å²) in [4.78, 5) is 10.8. The van der Waals surface area contributed by atoms with Crippen LogP contribution in [0, 0.1) is 11.3 Å². The number of ether oxygens (including phenoxy) is 2. The van der Waals surface area contributed by atoms with Gasteiger partial charge in [-0.2, -0.15) is 0 Å². The zero-order chi connectivity index (χ0) is 11.6. The van der Waals surface area contributed by atoms with Gasteiger partial charge in [0.2, 0.25) is 0 Å². The van der Waals surface area contributed by atoms with Gasteiger partial charge in [0.05, 0.1) is 31.8 Å². The smallest absolute Gasteiger partial charge is 0.306 e. The fourth-order valence-corrected chi connectivity index (χ4v) is 2.33. The first-order valence-corrected chi connectivity index (χ1v) is 6.01. The van der Waals surface area contributed by atoms with Crippen molar-refractivity contribution in [2.24, 2.45) is 11.3 Å². The highest BCUT2D eigenvalue weighted by Gasteiger charge is 2.35. The van der Waals surface area contributed by atoms with Crippen LogP contribution in [0.15, 0.2) is 0 Å². The van der Waals surface area contributed by atoms with E-state index < -0.39 is 5.97 Å². The lowest BCUT2D eigenvalue weighted by atomic mass is 9.86. The van der Waals surface area contributed by atoms with E-state index in [1.807, 2.05) is 0 Å². The lowest BCUT2D eigenvalue weighted by Crippen LogP contribution is -2.44. The van der Waals surface area contributed by atoms with Crippen molar-refractivity contribution >= 4 is 5.97 Å². The van der Waals surface area contributed by atoms with Gasteiger partial charge in [-0.3, -0.25) is 4.79 Å². The first-order valence-electron chi connectivity index (χ1n) is 6.01. The Hall–Kier alpha value is -0.610. The molecule has 1 heterocycles. The average molecular weight is 228 g/mol. The van der Waals surface area contributed by atoms with E-state index in [2.05, 4.69) is 6.92 Å². The lowest BCUT2D eigenvalue weighted by Gasteiger charge is -2.39. The molecule has 0 bridgehead atoms. The van der Waals surface area contributed by atoms with Crippen molar-refractivity contribution in [1.29, 1.82) is 0 Å². The topological polar surface area (TPSA) is 55.8 Å². The van der Waals surface area contributed by atoms with Crippen molar-refractivity contribution in [3.05, 3.63) is 0 Å². The van der Waals surface area contributed by atoms with Crippen LogP contribution in [-0.4, -0.2) is 37.0 Å². The van der Waals surface area contributed by atoms with Crippen LogP contribution in [0.3, 0.4) is 0 Å². The third-order valence-electron chi connectivity index (χ3n) is 3.59. The highest BCUT2D eigenvalue weighted by Crippen LogP contribution is 2.31. The maximum atomic E-state index is 10.8. The van der Waals surface area contributed by atoms with Crippen LogP contribution in [0.1, 0.15) is 32.6 Å². The summed E-state index contributed by atoms with van der Waals surface area (Å²) >= 11 is 0. The van der Waals surface area contributed by atoms with Crippen molar-refractivity contribution in [2.45, 2.75) is 38.7 Å². The standard InChI is InChI=1S/C12H20O4/c1-12(6-15-7-12)8-16-10-4-2-9(3-5-10)11(13)14/h9-10H,2-8H2,1H3,(H,13,14). The van der Waals surface area contributed by atoms with E-state index in [4.69, 9.17) is 14.6 Å². The van der Waals surface area contributed by atoms with E-state index in [9.17, 15) is 4.79 Å². The molecular formula is C12H20O4. The molecule has 2 rings (SSSR count). The zero-order valence-electron chi connectivity index (χ0n) is 9.78. The Morgan fingerprint density at radius 3 is 2.44 bits per heavy atom. The van der Waals surface area contributed by atoms with Crippen LogP contribution in [0.25, 0.3) is 0 Å². The predicted octanol–water partition coefficient (Wildman–Crippen LogP) is 1.68. The molecule has 0 unspecified atom stereocenters. The number of carboxylic acid groups (broad SMARTS) is 1. The van der Waals surface area contributed by atoms with Gasteiger partial charge < -0.3 is 14.6 Å². The van der Waals surface area contributed by atoms with E-state index in [-0.39, 0.29) is 17.4 Å². The average Bonchev–Trinajstić information content (AvgIpc) is 2.24. The van der Waals surface area contributed by atoms with Crippen LogP contribution in [0.2, 0.25) is 0 Å². The quantitative estimate of drug-likeness (QED) is 0.795. The van der Waals surface area contributed by atoms with Crippen LogP contribution in [0.5, 0.6) is 0 Å². The summed E-state index contributed by atoms with van der Waals surface area (Å²) in [7, 11) is 0. The summed E-state index contributed by atoms with van der Waals surface area (Å²) in [5.41, 5.74) is 0.198. The van der Waals surface area contributed by atoms with Crippen molar-refractivity contribution in [1.82, 2.24) is 0 Å². The van der Waals surface area contributed by atoms with Crippen LogP contribution in [-0.2, 0) is 14.3 Å². The number of carboxylic acids is 1. The Morgan fingerprint density at radius 1 is 1.38 bits per heavy atom. The fraction of sp³-hybridized carbons (Fsp3) is 0.917. The Morgan fingerprint density at radius 2 is 2.00 bits per heavy atom. The van der Waals surface area contributed by atoms with Gasteiger partial charge in [0.1, 0.15) is 0 Å². The Labute approximate surface area is 95.9 Å². The summed E-state index contributed by atoms with van der Waals surface area (Å²) in [6.07, 6.45) is 3.54. The van der Waals surface area contributed by atoms with Gasteiger partial charge in [0.25, 0.3) is 0 Å². The number of hydrogen-bond acceptors (Lipinski definition) is 3. The lowest BCUT2D eigenvalue weighted by molar-refractivity contribution is -0.156. The molecule has 1 aliphatic heterocycles. The van der Waals surface area contributed by atoms with Gasteiger partial charge in [-0.25, -0.2) is 0 Å². The van der Waals surface area contributed by atoms with Gasteiger partial charge in [0, 0.05) is 5.41 Å². The molecular weight excluding hydrogens is 208 g/mol. The maximum absolute atomic E-state index is 10.8. The highest BCUT2D eigenvalue weighted by molar-refractivity contribution is 5.70. The summed E-state index contributed by atoms with van der Waals surface area (Å²) in [6.45, 7) is 4.49. The minimum Gasteiger partial charge on any atom is -0.481 e. The molecule has 0 amide bonds. The molecule has 0 aromatic rings. The third kappa shape index (κ3) is 2.74. The monoisotopic (exact) mass is 228 g/mol. The molecule has 0 radical (unpaired) electrons. The van der Waals surface area contributed by atoms with E-state index in [0.717, 1.165) is 45.5 Å². The SMILES string of the molecule is CC1(COC2CCC(C(=O)O)CC2)COC1. The molecule has 0 aromatic carbocycles. The second-order valence-electron chi connectivity index (χ2n) is 5.43. The molecule has 0 atom stereocenters. The Balaban J connectivity index is 1.67. The third-order valence-corrected chi connectivity index (χ3v) is 3.59. The van der Waals surface area contributed by atoms with Crippen molar-refractivity contribution in [3.63, 3.8) is 0 Å². The Bertz CT molecular complexity index is 252. The molecule has 1 saturated carbocycles. The number of aliphatic carboxylic acids is 1. The van der Waals surface area contributed by atoms with Crippen LogP contribution < -0.4 is 0 Å². The first kappa shape index (κ1) is 11.9. The molecule has 4 heteroatoms. The molecule has 2 aliphatic rings. The van der Waals surface area contributed by atoms with Crippen molar-refractivity contribution in [3.8, 4) is 0 Å². The number of carbonyl (C=O) groups is 1. The van der Waals surface area contributed by atoms with Gasteiger partial charge in [0.15, 0.2) is 0 Å². The molecule has 0 spiro atoms. The minimum atomic E-state index is -0.655. The predicted molar refractivity (Wildman–Crippen MR) is 58.3 cm³/mol. The fourth-order valence-electron chi connectivity index (χ4n) is 2.33. The van der Waals surface area contributed by atoms with Gasteiger partial charge >= 0.3 is 5.97 Å². The molecule has 1 aliphatic carbocycles. The Kier molecular flexibility index (Phi) is 3.50. The first-order chi connectivity index (χ1) is 7.59. The normalized spacial score (nSPS) is 33.1. The van der Waals surface area contributed by atoms with E-state index in [0.29, 0.717) is 0 Å². The summed E-state index contributed by atoms with van der Waals surface area (Å²) in [5.74, 6) is -0.805. The summed E-state index contributed by atoms with van der Waals surface area (Å²) < 4.78 is 11.0. The van der Waals surface area contributed by atoms with Crippen molar-refractivity contribution < 1.29 is 19.4 Å². The van der Waals surface area contributed by atoms with E-state index in [1.165, 1.54) is 0 Å². The van der Waals surface area contributed by atoms with Gasteiger partial charge in [-0.05, 0) is 25.7 Å². The molecule has 0 aromatic heterocycles. The molecule has 16 heavy (non-hydrogen) atoms. The number of rotatable bonds is 4.